The summed E-state index contributed by atoms with van der Waals surface area (Å²) in [4.78, 5) is 8.24. The van der Waals surface area contributed by atoms with Crippen molar-refractivity contribution < 1.29 is 0 Å². The van der Waals surface area contributed by atoms with E-state index in [1.807, 2.05) is 13.0 Å². The van der Waals surface area contributed by atoms with E-state index in [4.69, 9.17) is 11.6 Å². The average Bonchev–Trinajstić information content (AvgIpc) is 2.73. The Morgan fingerprint density at radius 1 is 1.35 bits per heavy atom. The van der Waals surface area contributed by atoms with Crippen LogP contribution in [0.2, 0.25) is 5.15 Å². The summed E-state index contributed by atoms with van der Waals surface area (Å²) in [5.41, 5.74) is 2.08. The molecule has 0 aromatic carbocycles. The third kappa shape index (κ3) is 3.17. The number of H-pyrrole nitrogens is 1. The zero-order valence-electron chi connectivity index (χ0n) is 9.79. The fourth-order valence-corrected chi connectivity index (χ4v) is 1.71. The first kappa shape index (κ1) is 11.9. The van der Waals surface area contributed by atoms with Gasteiger partial charge in [0.15, 0.2) is 0 Å². The van der Waals surface area contributed by atoms with Crippen LogP contribution in [-0.4, -0.2) is 20.2 Å². The molecule has 2 aromatic rings. The molecule has 90 valence electrons. The summed E-state index contributed by atoms with van der Waals surface area (Å²) in [6.45, 7) is 4.52. The minimum atomic E-state index is 0.443. The molecule has 0 aliphatic carbocycles. The normalized spacial score (nSPS) is 10.5. The van der Waals surface area contributed by atoms with Crippen LogP contribution in [0.5, 0.6) is 0 Å². The van der Waals surface area contributed by atoms with Gasteiger partial charge in [-0.3, -0.25) is 5.10 Å². The lowest BCUT2D eigenvalue weighted by Crippen LogP contribution is -2.03. The van der Waals surface area contributed by atoms with Crippen molar-refractivity contribution in [3.05, 3.63) is 34.5 Å². The van der Waals surface area contributed by atoms with E-state index in [0.29, 0.717) is 17.5 Å². The van der Waals surface area contributed by atoms with Gasteiger partial charge < -0.3 is 5.32 Å². The second kappa shape index (κ2) is 5.14. The zero-order chi connectivity index (χ0) is 12.3. The number of aryl methyl sites for hydroxylation is 2. The second-order valence-electron chi connectivity index (χ2n) is 3.71. The van der Waals surface area contributed by atoms with Gasteiger partial charge in [-0.2, -0.15) is 5.10 Å². The molecule has 17 heavy (non-hydrogen) atoms. The number of anilines is 1. The van der Waals surface area contributed by atoms with Gasteiger partial charge in [0.25, 0.3) is 0 Å². The Balaban J connectivity index is 2.01. The third-order valence-corrected chi connectivity index (χ3v) is 2.51. The molecular formula is C11H14ClN5. The van der Waals surface area contributed by atoms with Crippen molar-refractivity contribution in [1.29, 1.82) is 0 Å². The maximum absolute atomic E-state index is 5.85. The van der Waals surface area contributed by atoms with Crippen LogP contribution in [0.25, 0.3) is 0 Å². The summed E-state index contributed by atoms with van der Waals surface area (Å²) in [6.07, 6.45) is 0.926. The fourth-order valence-electron chi connectivity index (χ4n) is 1.49. The lowest BCUT2D eigenvalue weighted by Gasteiger charge is -2.04. The molecule has 6 heteroatoms. The minimum absolute atomic E-state index is 0.443. The van der Waals surface area contributed by atoms with Crippen LogP contribution in [0.3, 0.4) is 0 Å². The Bertz CT molecular complexity index is 488. The summed E-state index contributed by atoms with van der Waals surface area (Å²) in [5, 5.41) is 10.7. The van der Waals surface area contributed by atoms with Crippen molar-refractivity contribution in [3.8, 4) is 0 Å². The maximum Gasteiger partial charge on any atom is 0.134 e. The largest absolute Gasteiger partial charge is 0.364 e. The van der Waals surface area contributed by atoms with Crippen molar-refractivity contribution >= 4 is 17.4 Å². The van der Waals surface area contributed by atoms with E-state index in [-0.39, 0.29) is 0 Å². The third-order valence-electron chi connectivity index (χ3n) is 2.31. The molecule has 0 radical (unpaired) electrons. The van der Waals surface area contributed by atoms with E-state index in [1.54, 1.807) is 6.07 Å². The highest BCUT2D eigenvalue weighted by molar-refractivity contribution is 6.29. The monoisotopic (exact) mass is 251 g/mol. The molecule has 2 N–H and O–H groups in total. The van der Waals surface area contributed by atoms with Gasteiger partial charge in [0.05, 0.1) is 17.9 Å². The van der Waals surface area contributed by atoms with Gasteiger partial charge in [-0.05, 0) is 19.4 Å². The highest BCUT2D eigenvalue weighted by Crippen LogP contribution is 2.12. The number of rotatable bonds is 4. The second-order valence-corrected chi connectivity index (χ2v) is 4.10. The first-order valence-corrected chi connectivity index (χ1v) is 5.83. The fraction of sp³-hybridized carbons (Fsp3) is 0.364. The quantitative estimate of drug-likeness (QED) is 0.819. The standard InChI is InChI=1S/C11H14ClN5/c1-3-8-4-9(17-16-8)6-13-11-5-10(12)14-7(2)15-11/h4-5H,3,6H2,1-2H3,(H,16,17)(H,13,14,15). The molecule has 2 heterocycles. The van der Waals surface area contributed by atoms with Crippen molar-refractivity contribution in [2.45, 2.75) is 26.8 Å². The lowest BCUT2D eigenvalue weighted by atomic mass is 10.3. The summed E-state index contributed by atoms with van der Waals surface area (Å²) in [5.74, 6) is 1.37. The smallest absolute Gasteiger partial charge is 0.134 e. The number of aromatic amines is 1. The molecule has 2 aromatic heterocycles. The Kier molecular flexibility index (Phi) is 3.58. The highest BCUT2D eigenvalue weighted by Gasteiger charge is 2.02. The van der Waals surface area contributed by atoms with Crippen LogP contribution >= 0.6 is 11.6 Å². The number of aromatic nitrogens is 4. The van der Waals surface area contributed by atoms with E-state index in [2.05, 4.69) is 32.4 Å². The molecule has 5 nitrogen and oxygen atoms in total. The average molecular weight is 252 g/mol. The molecule has 0 atom stereocenters. The predicted octanol–water partition coefficient (Wildman–Crippen LogP) is 2.34. The number of hydrogen-bond acceptors (Lipinski definition) is 4. The molecule has 0 amide bonds. The molecule has 2 rings (SSSR count). The Morgan fingerprint density at radius 2 is 2.18 bits per heavy atom. The van der Waals surface area contributed by atoms with Crippen LogP contribution < -0.4 is 5.32 Å². The van der Waals surface area contributed by atoms with Gasteiger partial charge in [-0.25, -0.2) is 9.97 Å². The Morgan fingerprint density at radius 3 is 2.82 bits per heavy atom. The van der Waals surface area contributed by atoms with Gasteiger partial charge in [0.1, 0.15) is 16.8 Å². The van der Waals surface area contributed by atoms with E-state index in [1.165, 1.54) is 0 Å². The molecule has 0 spiro atoms. The molecule has 0 saturated heterocycles. The van der Waals surface area contributed by atoms with Crippen LogP contribution in [0.1, 0.15) is 24.1 Å². The summed E-state index contributed by atoms with van der Waals surface area (Å²) in [7, 11) is 0. The van der Waals surface area contributed by atoms with Crippen LogP contribution in [0.4, 0.5) is 5.82 Å². The molecule has 0 aliphatic rings. The molecule has 0 bridgehead atoms. The number of nitrogens with one attached hydrogen (secondary N) is 2. The highest BCUT2D eigenvalue weighted by atomic mass is 35.5. The Labute approximate surface area is 105 Å². The first-order valence-electron chi connectivity index (χ1n) is 5.45. The minimum Gasteiger partial charge on any atom is -0.364 e. The van der Waals surface area contributed by atoms with Crippen LogP contribution in [0, 0.1) is 6.92 Å². The van der Waals surface area contributed by atoms with E-state index >= 15 is 0 Å². The molecular weight excluding hydrogens is 238 g/mol. The van der Waals surface area contributed by atoms with Gasteiger partial charge in [0, 0.05) is 6.07 Å². The van der Waals surface area contributed by atoms with E-state index in [9.17, 15) is 0 Å². The summed E-state index contributed by atoms with van der Waals surface area (Å²) >= 11 is 5.85. The van der Waals surface area contributed by atoms with Gasteiger partial charge in [0.2, 0.25) is 0 Å². The first-order chi connectivity index (χ1) is 8.17. The lowest BCUT2D eigenvalue weighted by molar-refractivity contribution is 0.933. The molecule has 0 fully saturated rings. The molecule has 0 saturated carbocycles. The summed E-state index contributed by atoms with van der Waals surface area (Å²) in [6, 6.07) is 3.73. The summed E-state index contributed by atoms with van der Waals surface area (Å²) < 4.78 is 0. The van der Waals surface area contributed by atoms with E-state index in [0.717, 1.165) is 23.6 Å². The van der Waals surface area contributed by atoms with Gasteiger partial charge in [-0.1, -0.05) is 18.5 Å². The number of nitrogens with zero attached hydrogens (tertiary/aromatic N) is 3. The predicted molar refractivity (Wildman–Crippen MR) is 67.1 cm³/mol. The topological polar surface area (TPSA) is 66.5 Å². The van der Waals surface area contributed by atoms with Crippen LogP contribution in [0.15, 0.2) is 12.1 Å². The number of halogens is 1. The van der Waals surface area contributed by atoms with Gasteiger partial charge in [-0.15, -0.1) is 0 Å². The maximum atomic E-state index is 5.85. The van der Waals surface area contributed by atoms with Crippen molar-refractivity contribution in [2.75, 3.05) is 5.32 Å². The van der Waals surface area contributed by atoms with Crippen molar-refractivity contribution in [2.24, 2.45) is 0 Å². The van der Waals surface area contributed by atoms with Gasteiger partial charge >= 0.3 is 0 Å². The Hall–Kier alpha value is -1.62. The zero-order valence-corrected chi connectivity index (χ0v) is 10.5. The van der Waals surface area contributed by atoms with E-state index < -0.39 is 0 Å². The number of hydrogen-bond donors (Lipinski definition) is 2. The van der Waals surface area contributed by atoms with Crippen LogP contribution in [-0.2, 0) is 13.0 Å². The SMILES string of the molecule is CCc1cc(CNc2cc(Cl)nc(C)n2)[nH]n1. The van der Waals surface area contributed by atoms with Crippen molar-refractivity contribution in [1.82, 2.24) is 20.2 Å². The van der Waals surface area contributed by atoms with Crippen molar-refractivity contribution in [3.63, 3.8) is 0 Å². The molecule has 0 aliphatic heterocycles. The molecule has 0 unspecified atom stereocenters.